The Hall–Kier alpha value is -4.20. The molecule has 2 atom stereocenters. The largest absolute Gasteiger partial charge is 0.496 e. The summed E-state index contributed by atoms with van der Waals surface area (Å²) in [4.78, 5) is 43.6. The number of urea groups is 1. The van der Waals surface area contributed by atoms with Gasteiger partial charge in [-0.05, 0) is 54.3 Å². The Labute approximate surface area is 238 Å². The minimum absolute atomic E-state index is 0.00971. The molecule has 3 amide bonds. The summed E-state index contributed by atoms with van der Waals surface area (Å²) in [5.41, 5.74) is 6.81. The van der Waals surface area contributed by atoms with E-state index in [-0.39, 0.29) is 30.1 Å². The number of anilines is 1. The number of hydrogen-bond acceptors (Lipinski definition) is 7. The van der Waals surface area contributed by atoms with Crippen molar-refractivity contribution in [2.45, 2.75) is 32.0 Å². The van der Waals surface area contributed by atoms with Crippen LogP contribution in [0.3, 0.4) is 0 Å². The van der Waals surface area contributed by atoms with Crippen LogP contribution in [0, 0.1) is 5.92 Å². The first-order valence-electron chi connectivity index (χ1n) is 12.4. The number of rotatable bonds is 9. The van der Waals surface area contributed by atoms with Crippen molar-refractivity contribution in [1.82, 2.24) is 15.5 Å². The van der Waals surface area contributed by atoms with Gasteiger partial charge < -0.3 is 31.0 Å². The maximum absolute atomic E-state index is 13.6. The van der Waals surface area contributed by atoms with Crippen LogP contribution in [0.2, 0.25) is 5.02 Å². The topological polar surface area (TPSA) is 156 Å². The molecule has 0 aromatic heterocycles. The Balaban J connectivity index is 1.89. The van der Waals surface area contributed by atoms with Gasteiger partial charge in [-0.15, -0.1) is 0 Å². The first-order valence-corrected chi connectivity index (χ1v) is 12.8. The number of carboxylic acid groups (broad SMARTS) is 1. The standard InChI is InChI=1S/C26H29ClF3N5O6/c1-3-20(14-4-6-18(24(37)38)19(31)10-14)33-25(39)35-12-22(34-41-13-26(28,29)30)32-11-16(23(35)36)8-15-9-17(27)5-7-21(15)40-2/h4-7,9-10,16,20H,3,8,11-13,31H2,1-2H3,(H,32,34)(H,33,39)(H,37,38)/t16-,20-/m1/s1. The molecule has 0 aliphatic carbocycles. The van der Waals surface area contributed by atoms with Crippen molar-refractivity contribution in [2.75, 3.05) is 32.5 Å². The van der Waals surface area contributed by atoms with Gasteiger partial charge in [0, 0.05) is 17.3 Å². The van der Waals surface area contributed by atoms with Gasteiger partial charge in [-0.3, -0.25) is 9.69 Å². The zero-order valence-corrected chi connectivity index (χ0v) is 22.9. The third-order valence-electron chi connectivity index (χ3n) is 6.25. The Kier molecular flexibility index (Phi) is 10.3. The number of methoxy groups -OCH3 is 1. The second kappa shape index (κ2) is 13.4. The van der Waals surface area contributed by atoms with E-state index in [0.717, 1.165) is 4.90 Å². The summed E-state index contributed by atoms with van der Waals surface area (Å²) in [6.07, 6.45) is -4.21. The normalized spacial score (nSPS) is 17.4. The number of carbonyl (C=O) groups excluding carboxylic acids is 2. The maximum atomic E-state index is 13.6. The van der Waals surface area contributed by atoms with Gasteiger partial charge in [-0.1, -0.05) is 29.7 Å². The average Bonchev–Trinajstić information content (AvgIpc) is 3.05. The molecule has 2 aromatic carbocycles. The summed E-state index contributed by atoms with van der Waals surface area (Å²) in [6.45, 7) is -0.476. The molecule has 15 heteroatoms. The maximum Gasteiger partial charge on any atom is 0.425 e. The van der Waals surface area contributed by atoms with E-state index in [4.69, 9.17) is 22.1 Å². The van der Waals surface area contributed by atoms with Crippen molar-refractivity contribution in [3.63, 3.8) is 0 Å². The van der Waals surface area contributed by atoms with E-state index in [9.17, 15) is 32.7 Å². The molecule has 222 valence electrons. The number of nitrogen functional groups attached to an aromatic ring is 1. The van der Waals surface area contributed by atoms with Crippen LogP contribution in [0.5, 0.6) is 5.75 Å². The van der Waals surface area contributed by atoms with Gasteiger partial charge in [0.05, 0.1) is 31.2 Å². The second-order valence-electron chi connectivity index (χ2n) is 9.15. The number of nitrogens with one attached hydrogen (secondary N) is 2. The molecule has 5 N–H and O–H groups in total. The van der Waals surface area contributed by atoms with Gasteiger partial charge >= 0.3 is 18.2 Å². The van der Waals surface area contributed by atoms with E-state index >= 15 is 0 Å². The zero-order valence-electron chi connectivity index (χ0n) is 22.1. The molecule has 0 radical (unpaired) electrons. The number of imide groups is 1. The molecule has 1 fully saturated rings. The molecular weight excluding hydrogens is 571 g/mol. The number of nitrogens with two attached hydrogens (primary N) is 1. The van der Waals surface area contributed by atoms with Crippen molar-refractivity contribution in [1.29, 1.82) is 0 Å². The van der Waals surface area contributed by atoms with Gasteiger partial charge in [-0.25, -0.2) is 9.59 Å². The molecule has 0 bridgehead atoms. The number of carbonyl (C=O) groups is 3. The Bertz CT molecular complexity index is 1320. The summed E-state index contributed by atoms with van der Waals surface area (Å²) in [7, 11) is 1.45. The predicted octanol–water partition coefficient (Wildman–Crippen LogP) is 3.97. The number of ether oxygens (including phenoxy) is 1. The smallest absolute Gasteiger partial charge is 0.425 e. The van der Waals surface area contributed by atoms with Crippen LogP contribution in [0.15, 0.2) is 41.6 Å². The van der Waals surface area contributed by atoms with Crippen molar-refractivity contribution in [3.05, 3.63) is 58.1 Å². The number of amides is 3. The first kappa shape index (κ1) is 31.3. The molecule has 1 aliphatic heterocycles. The highest BCUT2D eigenvalue weighted by molar-refractivity contribution is 6.30. The monoisotopic (exact) mass is 599 g/mol. The predicted molar refractivity (Wildman–Crippen MR) is 144 cm³/mol. The molecule has 0 unspecified atom stereocenters. The fraction of sp³-hybridized carbons (Fsp3) is 0.385. The molecule has 1 aliphatic rings. The first-order chi connectivity index (χ1) is 19.3. The third kappa shape index (κ3) is 8.39. The summed E-state index contributed by atoms with van der Waals surface area (Å²) < 4.78 is 43.2. The van der Waals surface area contributed by atoms with E-state index in [1.54, 1.807) is 25.1 Å². The number of amidine groups is 1. The van der Waals surface area contributed by atoms with Gasteiger partial charge in [0.1, 0.15) is 5.75 Å². The molecule has 0 spiro atoms. The molecule has 0 saturated carbocycles. The van der Waals surface area contributed by atoms with E-state index < -0.39 is 49.2 Å². The molecule has 11 nitrogen and oxygen atoms in total. The lowest BCUT2D eigenvalue weighted by atomic mass is 9.97. The third-order valence-corrected chi connectivity index (χ3v) is 6.48. The summed E-state index contributed by atoms with van der Waals surface area (Å²) in [6, 6.07) is 7.54. The van der Waals surface area contributed by atoms with Crippen LogP contribution in [-0.2, 0) is 16.1 Å². The highest BCUT2D eigenvalue weighted by Gasteiger charge is 2.35. The van der Waals surface area contributed by atoms with Crippen molar-refractivity contribution < 1.29 is 42.2 Å². The summed E-state index contributed by atoms with van der Waals surface area (Å²) in [5.74, 6) is -2.42. The number of aromatic carboxylic acids is 1. The fourth-order valence-electron chi connectivity index (χ4n) is 4.22. The molecule has 1 heterocycles. The number of alkyl halides is 3. The highest BCUT2D eigenvalue weighted by atomic mass is 35.5. The number of halogens is 4. The number of hydrogen-bond donors (Lipinski definition) is 4. The summed E-state index contributed by atoms with van der Waals surface area (Å²) >= 11 is 6.13. The average molecular weight is 600 g/mol. The SMILES string of the molecule is CC[C@@H](NC(=O)N1C/C(=N\OCC(F)(F)F)NC[C@@H](Cc2cc(Cl)ccc2OC)C1=O)c1ccc(C(=O)O)c(N)c1. The quantitative estimate of drug-likeness (QED) is 0.249. The van der Waals surface area contributed by atoms with Crippen LogP contribution < -0.4 is 21.1 Å². The van der Waals surface area contributed by atoms with Crippen LogP contribution in [0.25, 0.3) is 0 Å². The Morgan fingerprint density at radius 2 is 2.02 bits per heavy atom. The fourth-order valence-corrected chi connectivity index (χ4v) is 4.42. The second-order valence-corrected chi connectivity index (χ2v) is 9.59. The number of benzene rings is 2. The van der Waals surface area contributed by atoms with Crippen molar-refractivity contribution >= 4 is 41.0 Å². The van der Waals surface area contributed by atoms with E-state index in [1.165, 1.54) is 25.3 Å². The van der Waals surface area contributed by atoms with Gasteiger partial charge in [0.15, 0.2) is 5.84 Å². The lowest BCUT2D eigenvalue weighted by Gasteiger charge is -2.26. The van der Waals surface area contributed by atoms with Gasteiger partial charge in [-0.2, -0.15) is 13.2 Å². The number of oxime groups is 1. The Morgan fingerprint density at radius 1 is 1.29 bits per heavy atom. The van der Waals surface area contributed by atoms with Gasteiger partial charge in [0.25, 0.3) is 0 Å². The molecule has 2 aromatic rings. The van der Waals surface area contributed by atoms with E-state index in [2.05, 4.69) is 20.6 Å². The molecule has 1 saturated heterocycles. The minimum Gasteiger partial charge on any atom is -0.496 e. The van der Waals surface area contributed by atoms with Crippen molar-refractivity contribution in [3.8, 4) is 5.75 Å². The number of nitrogens with zero attached hydrogens (tertiary/aromatic N) is 2. The highest BCUT2D eigenvalue weighted by Crippen LogP contribution is 2.27. The van der Waals surface area contributed by atoms with Crippen molar-refractivity contribution in [2.24, 2.45) is 11.1 Å². The lowest BCUT2D eigenvalue weighted by molar-refractivity contribution is -0.173. The van der Waals surface area contributed by atoms with Crippen LogP contribution >= 0.6 is 11.6 Å². The zero-order chi connectivity index (χ0) is 30.3. The lowest BCUT2D eigenvalue weighted by Crippen LogP contribution is -2.48. The van der Waals surface area contributed by atoms with Crippen LogP contribution in [-0.4, -0.2) is 66.7 Å². The van der Waals surface area contributed by atoms with E-state index in [0.29, 0.717) is 28.3 Å². The van der Waals surface area contributed by atoms with Crippen LogP contribution in [0.1, 0.15) is 40.9 Å². The summed E-state index contributed by atoms with van der Waals surface area (Å²) in [5, 5.41) is 18.6. The van der Waals surface area contributed by atoms with E-state index in [1.807, 2.05) is 0 Å². The molecular formula is C26H29ClF3N5O6. The molecule has 41 heavy (non-hydrogen) atoms. The van der Waals surface area contributed by atoms with Crippen LogP contribution in [0.4, 0.5) is 23.7 Å². The van der Waals surface area contributed by atoms with Gasteiger partial charge in [0.2, 0.25) is 12.5 Å². The Morgan fingerprint density at radius 3 is 2.63 bits per heavy atom. The molecule has 3 rings (SSSR count). The number of carboxylic acids is 1. The minimum atomic E-state index is -4.64.